The number of hydrogen-bond donors (Lipinski definition) is 1. The number of thioether (sulfide) groups is 1. The molecule has 108 valence electrons. The molecule has 0 fully saturated rings. The van der Waals surface area contributed by atoms with Crippen LogP contribution in [0.25, 0.3) is 10.2 Å². The van der Waals surface area contributed by atoms with E-state index in [0.717, 1.165) is 34.4 Å². The van der Waals surface area contributed by atoms with Crippen LogP contribution in [0.5, 0.6) is 0 Å². The van der Waals surface area contributed by atoms with Crippen molar-refractivity contribution in [1.82, 2.24) is 9.97 Å². The predicted octanol–water partition coefficient (Wildman–Crippen LogP) is 4.81. The Morgan fingerprint density at radius 1 is 1.19 bits per heavy atom. The standard InChI is InChI=1S/C16H17N3S2/c1-2-9-17-15-8-7-12(10-18-15)11-20-16-19-13-5-3-4-6-14(13)21-16/h3-8,10H,2,9,11H2,1H3,(H,17,18). The van der Waals surface area contributed by atoms with Gasteiger partial charge in [0.25, 0.3) is 0 Å². The van der Waals surface area contributed by atoms with Crippen LogP contribution in [0.3, 0.4) is 0 Å². The Kier molecular flexibility index (Phi) is 4.72. The van der Waals surface area contributed by atoms with E-state index in [1.165, 1.54) is 10.3 Å². The van der Waals surface area contributed by atoms with E-state index >= 15 is 0 Å². The zero-order chi connectivity index (χ0) is 14.5. The molecule has 1 aromatic carbocycles. The van der Waals surface area contributed by atoms with Crippen molar-refractivity contribution in [3.8, 4) is 0 Å². The Morgan fingerprint density at radius 2 is 2.10 bits per heavy atom. The van der Waals surface area contributed by atoms with E-state index in [4.69, 9.17) is 0 Å². The molecule has 0 amide bonds. The Hall–Kier alpha value is -1.59. The lowest BCUT2D eigenvalue weighted by Gasteiger charge is -2.04. The first-order chi connectivity index (χ1) is 10.3. The van der Waals surface area contributed by atoms with Crippen molar-refractivity contribution in [2.24, 2.45) is 0 Å². The predicted molar refractivity (Wildman–Crippen MR) is 92.2 cm³/mol. The van der Waals surface area contributed by atoms with Crippen LogP contribution < -0.4 is 5.32 Å². The molecule has 0 spiro atoms. The summed E-state index contributed by atoms with van der Waals surface area (Å²) in [7, 11) is 0. The Bertz CT molecular complexity index is 674. The maximum absolute atomic E-state index is 4.63. The largest absolute Gasteiger partial charge is 0.370 e. The van der Waals surface area contributed by atoms with Crippen molar-refractivity contribution < 1.29 is 0 Å². The van der Waals surface area contributed by atoms with Gasteiger partial charge in [0.2, 0.25) is 0 Å². The van der Waals surface area contributed by atoms with E-state index < -0.39 is 0 Å². The van der Waals surface area contributed by atoms with Gasteiger partial charge < -0.3 is 5.32 Å². The lowest BCUT2D eigenvalue weighted by molar-refractivity contribution is 0.968. The number of thiazole rings is 1. The van der Waals surface area contributed by atoms with Crippen LogP contribution in [-0.2, 0) is 5.75 Å². The molecule has 0 aliphatic heterocycles. The monoisotopic (exact) mass is 315 g/mol. The molecule has 5 heteroatoms. The van der Waals surface area contributed by atoms with Crippen LogP contribution in [0.15, 0.2) is 46.9 Å². The molecule has 2 heterocycles. The summed E-state index contributed by atoms with van der Waals surface area (Å²) in [6.45, 7) is 3.11. The maximum atomic E-state index is 4.63. The first-order valence-electron chi connectivity index (χ1n) is 7.02. The average Bonchev–Trinajstić information content (AvgIpc) is 2.95. The lowest BCUT2D eigenvalue weighted by Crippen LogP contribution is -2.01. The van der Waals surface area contributed by atoms with Gasteiger partial charge in [-0.25, -0.2) is 9.97 Å². The van der Waals surface area contributed by atoms with Gasteiger partial charge in [-0.15, -0.1) is 11.3 Å². The van der Waals surface area contributed by atoms with Crippen LogP contribution in [0.2, 0.25) is 0 Å². The minimum atomic E-state index is 0.904. The fraction of sp³-hybridized carbons (Fsp3) is 0.250. The topological polar surface area (TPSA) is 37.8 Å². The third-order valence-electron chi connectivity index (χ3n) is 3.02. The highest BCUT2D eigenvalue weighted by atomic mass is 32.2. The molecule has 0 radical (unpaired) electrons. The molecule has 0 saturated carbocycles. The molecular weight excluding hydrogens is 298 g/mol. The van der Waals surface area contributed by atoms with E-state index in [1.54, 1.807) is 23.1 Å². The summed E-state index contributed by atoms with van der Waals surface area (Å²) in [5.74, 6) is 1.85. The highest BCUT2D eigenvalue weighted by Crippen LogP contribution is 2.31. The molecule has 3 nitrogen and oxygen atoms in total. The Labute approximate surface area is 132 Å². The molecular formula is C16H17N3S2. The molecule has 0 aliphatic rings. The number of benzene rings is 1. The molecule has 0 aliphatic carbocycles. The van der Waals surface area contributed by atoms with Crippen molar-refractivity contribution in [3.05, 3.63) is 48.2 Å². The van der Waals surface area contributed by atoms with Crippen molar-refractivity contribution in [2.75, 3.05) is 11.9 Å². The van der Waals surface area contributed by atoms with E-state index in [1.807, 2.05) is 18.3 Å². The van der Waals surface area contributed by atoms with Gasteiger partial charge in [-0.05, 0) is 30.2 Å². The van der Waals surface area contributed by atoms with Gasteiger partial charge in [-0.1, -0.05) is 36.9 Å². The van der Waals surface area contributed by atoms with Gasteiger partial charge in [-0.3, -0.25) is 0 Å². The van der Waals surface area contributed by atoms with E-state index in [2.05, 4.69) is 46.5 Å². The second-order valence-corrected chi connectivity index (χ2v) is 6.97. The summed E-state index contributed by atoms with van der Waals surface area (Å²) in [4.78, 5) is 9.06. The average molecular weight is 315 g/mol. The normalized spacial score (nSPS) is 10.9. The smallest absolute Gasteiger partial charge is 0.151 e. The maximum Gasteiger partial charge on any atom is 0.151 e. The van der Waals surface area contributed by atoms with Gasteiger partial charge in [-0.2, -0.15) is 0 Å². The van der Waals surface area contributed by atoms with E-state index in [-0.39, 0.29) is 0 Å². The number of anilines is 1. The minimum absolute atomic E-state index is 0.904. The van der Waals surface area contributed by atoms with E-state index in [9.17, 15) is 0 Å². The van der Waals surface area contributed by atoms with Gasteiger partial charge >= 0.3 is 0 Å². The molecule has 21 heavy (non-hydrogen) atoms. The summed E-state index contributed by atoms with van der Waals surface area (Å²) in [5.41, 5.74) is 2.31. The lowest BCUT2D eigenvalue weighted by atomic mass is 10.3. The third-order valence-corrected chi connectivity index (χ3v) is 5.27. The van der Waals surface area contributed by atoms with Crippen molar-refractivity contribution >= 4 is 39.1 Å². The summed E-state index contributed by atoms with van der Waals surface area (Å²) >= 11 is 3.52. The first kappa shape index (κ1) is 14.4. The van der Waals surface area contributed by atoms with Crippen LogP contribution in [-0.4, -0.2) is 16.5 Å². The highest BCUT2D eigenvalue weighted by molar-refractivity contribution is 8.00. The molecule has 2 aromatic heterocycles. The number of nitrogens with one attached hydrogen (secondary N) is 1. The highest BCUT2D eigenvalue weighted by Gasteiger charge is 2.04. The van der Waals surface area contributed by atoms with E-state index in [0.29, 0.717) is 0 Å². The van der Waals surface area contributed by atoms with Crippen LogP contribution in [0.4, 0.5) is 5.82 Å². The molecule has 0 atom stereocenters. The fourth-order valence-electron chi connectivity index (χ4n) is 1.93. The number of nitrogens with zero attached hydrogens (tertiary/aromatic N) is 2. The summed E-state index contributed by atoms with van der Waals surface area (Å²) in [6.07, 6.45) is 3.05. The van der Waals surface area contributed by atoms with Crippen LogP contribution in [0.1, 0.15) is 18.9 Å². The summed E-state index contributed by atoms with van der Waals surface area (Å²) < 4.78 is 2.36. The van der Waals surface area contributed by atoms with Gasteiger partial charge in [0.05, 0.1) is 10.2 Å². The zero-order valence-corrected chi connectivity index (χ0v) is 13.5. The first-order valence-corrected chi connectivity index (χ1v) is 8.82. The quantitative estimate of drug-likeness (QED) is 0.663. The SMILES string of the molecule is CCCNc1ccc(CSc2nc3ccccc3s2)cn1. The molecule has 3 aromatic rings. The zero-order valence-electron chi connectivity index (χ0n) is 11.9. The van der Waals surface area contributed by atoms with Crippen molar-refractivity contribution in [2.45, 2.75) is 23.4 Å². The molecule has 0 saturated heterocycles. The van der Waals surface area contributed by atoms with Crippen LogP contribution >= 0.6 is 23.1 Å². The summed E-state index contributed by atoms with van der Waals surface area (Å²) in [6, 6.07) is 12.4. The van der Waals surface area contributed by atoms with Gasteiger partial charge in [0.15, 0.2) is 4.34 Å². The fourth-order valence-corrected chi connectivity index (χ4v) is 3.93. The second-order valence-electron chi connectivity index (χ2n) is 4.71. The molecule has 0 unspecified atom stereocenters. The number of fused-ring (bicyclic) bond motifs is 1. The minimum Gasteiger partial charge on any atom is -0.370 e. The number of para-hydroxylation sites is 1. The van der Waals surface area contributed by atoms with Crippen LogP contribution in [0, 0.1) is 0 Å². The number of rotatable bonds is 6. The van der Waals surface area contributed by atoms with Crippen molar-refractivity contribution in [1.29, 1.82) is 0 Å². The molecule has 0 bridgehead atoms. The Balaban J connectivity index is 1.61. The van der Waals surface area contributed by atoms with Gasteiger partial charge in [0, 0.05) is 18.5 Å². The number of pyridine rings is 1. The molecule has 3 rings (SSSR count). The summed E-state index contributed by atoms with van der Waals surface area (Å²) in [5, 5.41) is 3.28. The number of aromatic nitrogens is 2. The Morgan fingerprint density at radius 3 is 2.86 bits per heavy atom. The third kappa shape index (κ3) is 3.74. The molecule has 1 N–H and O–H groups in total. The van der Waals surface area contributed by atoms with Gasteiger partial charge in [0.1, 0.15) is 5.82 Å². The second kappa shape index (κ2) is 6.91. The van der Waals surface area contributed by atoms with Crippen molar-refractivity contribution in [3.63, 3.8) is 0 Å². The number of hydrogen-bond acceptors (Lipinski definition) is 5.